The van der Waals surface area contributed by atoms with Crippen molar-refractivity contribution in [3.63, 3.8) is 0 Å². The lowest BCUT2D eigenvalue weighted by Gasteiger charge is -2.09. The molecular formula is C18H22N2O. The molecule has 2 aromatic rings. The highest BCUT2D eigenvalue weighted by Crippen LogP contribution is 2.38. The molecule has 1 aliphatic rings. The Morgan fingerprint density at radius 3 is 2.62 bits per heavy atom. The first-order chi connectivity index (χ1) is 10.1. The van der Waals surface area contributed by atoms with E-state index in [0.717, 1.165) is 11.1 Å². The van der Waals surface area contributed by atoms with Crippen molar-refractivity contribution in [1.29, 1.82) is 0 Å². The standard InChI is InChI=1S/C18H22N2O/c1-12-6-4-5-7-17(12)18(21)19-11-15-10-13(2)20(14(15)3)16-8-9-16/h4-7,10,16H,8-9,11H2,1-3H3,(H,19,21). The minimum Gasteiger partial charge on any atom is -0.348 e. The van der Waals surface area contributed by atoms with Crippen LogP contribution in [0.4, 0.5) is 0 Å². The van der Waals surface area contributed by atoms with Crippen molar-refractivity contribution in [3.8, 4) is 0 Å². The summed E-state index contributed by atoms with van der Waals surface area (Å²) in [6, 6.07) is 10.6. The number of nitrogens with zero attached hydrogens (tertiary/aromatic N) is 1. The van der Waals surface area contributed by atoms with E-state index in [1.807, 2.05) is 31.2 Å². The summed E-state index contributed by atoms with van der Waals surface area (Å²) in [5, 5.41) is 3.04. The maximum atomic E-state index is 12.3. The van der Waals surface area contributed by atoms with Gasteiger partial charge in [0.05, 0.1) is 0 Å². The Morgan fingerprint density at radius 2 is 1.95 bits per heavy atom. The predicted molar refractivity (Wildman–Crippen MR) is 84.5 cm³/mol. The van der Waals surface area contributed by atoms with Gasteiger partial charge in [-0.25, -0.2) is 0 Å². The Kier molecular flexibility index (Phi) is 3.58. The van der Waals surface area contributed by atoms with E-state index in [2.05, 4.69) is 29.8 Å². The quantitative estimate of drug-likeness (QED) is 0.912. The molecule has 0 aliphatic heterocycles. The van der Waals surface area contributed by atoms with E-state index in [1.165, 1.54) is 29.8 Å². The summed E-state index contributed by atoms with van der Waals surface area (Å²) in [4.78, 5) is 12.3. The summed E-state index contributed by atoms with van der Waals surface area (Å²) in [6.07, 6.45) is 2.57. The average molecular weight is 282 g/mol. The highest BCUT2D eigenvalue weighted by molar-refractivity contribution is 5.95. The number of nitrogens with one attached hydrogen (secondary N) is 1. The van der Waals surface area contributed by atoms with Crippen LogP contribution in [0.25, 0.3) is 0 Å². The lowest BCUT2D eigenvalue weighted by molar-refractivity contribution is 0.0950. The van der Waals surface area contributed by atoms with Gasteiger partial charge in [0.25, 0.3) is 5.91 Å². The monoisotopic (exact) mass is 282 g/mol. The van der Waals surface area contributed by atoms with Gasteiger partial charge < -0.3 is 9.88 Å². The zero-order chi connectivity index (χ0) is 15.0. The maximum Gasteiger partial charge on any atom is 0.251 e. The van der Waals surface area contributed by atoms with E-state index in [9.17, 15) is 4.79 Å². The van der Waals surface area contributed by atoms with Gasteiger partial charge in [-0.05, 0) is 56.9 Å². The molecule has 1 N–H and O–H groups in total. The molecule has 110 valence electrons. The molecule has 1 fully saturated rings. The zero-order valence-electron chi connectivity index (χ0n) is 12.9. The van der Waals surface area contributed by atoms with Crippen LogP contribution in [0.3, 0.4) is 0 Å². The van der Waals surface area contributed by atoms with Crippen molar-refractivity contribution in [1.82, 2.24) is 9.88 Å². The van der Waals surface area contributed by atoms with Crippen molar-refractivity contribution in [2.24, 2.45) is 0 Å². The average Bonchev–Trinajstić information content (AvgIpc) is 3.24. The predicted octanol–water partition coefficient (Wildman–Crippen LogP) is 3.68. The fourth-order valence-corrected chi connectivity index (χ4v) is 3.02. The van der Waals surface area contributed by atoms with E-state index in [0.29, 0.717) is 12.6 Å². The van der Waals surface area contributed by atoms with Gasteiger partial charge in [-0.2, -0.15) is 0 Å². The molecule has 0 spiro atoms. The Bertz CT molecular complexity index is 681. The minimum atomic E-state index is 0.00400. The fourth-order valence-electron chi connectivity index (χ4n) is 3.02. The first-order valence-electron chi connectivity index (χ1n) is 7.59. The third kappa shape index (κ3) is 2.73. The fraction of sp³-hybridized carbons (Fsp3) is 0.389. The molecule has 3 heteroatoms. The highest BCUT2D eigenvalue weighted by Gasteiger charge is 2.26. The number of hydrogen-bond acceptors (Lipinski definition) is 1. The Labute approximate surface area is 126 Å². The van der Waals surface area contributed by atoms with Gasteiger partial charge in [0.1, 0.15) is 0 Å². The third-order valence-electron chi connectivity index (χ3n) is 4.33. The summed E-state index contributed by atoms with van der Waals surface area (Å²) in [5.41, 5.74) is 5.59. The van der Waals surface area contributed by atoms with E-state index in [-0.39, 0.29) is 5.91 Å². The third-order valence-corrected chi connectivity index (χ3v) is 4.33. The molecule has 3 rings (SSSR count). The molecule has 0 unspecified atom stereocenters. The smallest absolute Gasteiger partial charge is 0.251 e. The Hall–Kier alpha value is -2.03. The second kappa shape index (κ2) is 5.40. The molecule has 1 amide bonds. The number of rotatable bonds is 4. The maximum absolute atomic E-state index is 12.3. The van der Waals surface area contributed by atoms with Crippen LogP contribution in [0.1, 0.15) is 51.8 Å². The summed E-state index contributed by atoms with van der Waals surface area (Å²) in [6.45, 7) is 6.87. The minimum absolute atomic E-state index is 0.00400. The molecule has 0 saturated heterocycles. The van der Waals surface area contributed by atoms with Crippen LogP contribution in [-0.2, 0) is 6.54 Å². The first-order valence-corrected chi connectivity index (χ1v) is 7.59. The van der Waals surface area contributed by atoms with Crippen molar-refractivity contribution in [3.05, 3.63) is 58.4 Å². The molecular weight excluding hydrogens is 260 g/mol. The van der Waals surface area contributed by atoms with Crippen LogP contribution in [-0.4, -0.2) is 10.5 Å². The van der Waals surface area contributed by atoms with Crippen LogP contribution in [0.5, 0.6) is 0 Å². The first kappa shape index (κ1) is 13.9. The van der Waals surface area contributed by atoms with Crippen LogP contribution < -0.4 is 5.32 Å². The SMILES string of the molecule is Cc1ccccc1C(=O)NCc1cc(C)n(C2CC2)c1C. The van der Waals surface area contributed by atoms with Crippen molar-refractivity contribution >= 4 is 5.91 Å². The molecule has 1 saturated carbocycles. The summed E-state index contributed by atoms with van der Waals surface area (Å²) in [5.74, 6) is 0.00400. The summed E-state index contributed by atoms with van der Waals surface area (Å²) in [7, 11) is 0. The number of benzene rings is 1. The highest BCUT2D eigenvalue weighted by atomic mass is 16.1. The van der Waals surface area contributed by atoms with Crippen molar-refractivity contribution in [2.75, 3.05) is 0 Å². The number of aromatic nitrogens is 1. The van der Waals surface area contributed by atoms with Gasteiger partial charge in [-0.3, -0.25) is 4.79 Å². The van der Waals surface area contributed by atoms with Gasteiger partial charge in [0, 0.05) is 29.5 Å². The lowest BCUT2D eigenvalue weighted by Crippen LogP contribution is -2.23. The summed E-state index contributed by atoms with van der Waals surface area (Å²) >= 11 is 0. The van der Waals surface area contributed by atoms with Crippen LogP contribution in [0.2, 0.25) is 0 Å². The van der Waals surface area contributed by atoms with Crippen molar-refractivity contribution in [2.45, 2.75) is 46.2 Å². The van der Waals surface area contributed by atoms with Crippen LogP contribution in [0, 0.1) is 20.8 Å². The molecule has 0 bridgehead atoms. The molecule has 1 heterocycles. The zero-order valence-corrected chi connectivity index (χ0v) is 12.9. The van der Waals surface area contributed by atoms with Crippen LogP contribution in [0.15, 0.2) is 30.3 Å². The van der Waals surface area contributed by atoms with Gasteiger partial charge in [0.15, 0.2) is 0 Å². The largest absolute Gasteiger partial charge is 0.348 e. The number of hydrogen-bond donors (Lipinski definition) is 1. The number of carbonyl (C=O) groups excluding carboxylic acids is 1. The van der Waals surface area contributed by atoms with E-state index < -0.39 is 0 Å². The molecule has 3 nitrogen and oxygen atoms in total. The molecule has 1 aromatic carbocycles. The number of carbonyl (C=O) groups is 1. The molecule has 21 heavy (non-hydrogen) atoms. The second-order valence-corrected chi connectivity index (χ2v) is 6.00. The number of amides is 1. The molecule has 1 aliphatic carbocycles. The van der Waals surface area contributed by atoms with E-state index in [4.69, 9.17) is 0 Å². The van der Waals surface area contributed by atoms with Gasteiger partial charge in [-0.1, -0.05) is 18.2 Å². The van der Waals surface area contributed by atoms with E-state index >= 15 is 0 Å². The molecule has 0 radical (unpaired) electrons. The normalized spacial score (nSPS) is 14.2. The molecule has 0 atom stereocenters. The van der Waals surface area contributed by atoms with Crippen molar-refractivity contribution < 1.29 is 4.79 Å². The molecule has 1 aromatic heterocycles. The second-order valence-electron chi connectivity index (χ2n) is 6.00. The topological polar surface area (TPSA) is 34.0 Å². The summed E-state index contributed by atoms with van der Waals surface area (Å²) < 4.78 is 2.41. The van der Waals surface area contributed by atoms with Gasteiger partial charge >= 0.3 is 0 Å². The van der Waals surface area contributed by atoms with Gasteiger partial charge in [-0.15, -0.1) is 0 Å². The Morgan fingerprint density at radius 1 is 1.24 bits per heavy atom. The lowest BCUT2D eigenvalue weighted by atomic mass is 10.1. The number of aryl methyl sites for hydroxylation is 2. The van der Waals surface area contributed by atoms with Crippen LogP contribution >= 0.6 is 0 Å². The Balaban J connectivity index is 1.72. The van der Waals surface area contributed by atoms with E-state index in [1.54, 1.807) is 0 Å². The van der Waals surface area contributed by atoms with Gasteiger partial charge in [0.2, 0.25) is 0 Å².